The third kappa shape index (κ3) is 8.45. The minimum absolute atomic E-state index is 0.139. The Morgan fingerprint density at radius 1 is 1.10 bits per heavy atom. The van der Waals surface area contributed by atoms with E-state index in [1.807, 2.05) is 40.7 Å². The number of pyridine rings is 1. The highest BCUT2D eigenvalue weighted by Crippen LogP contribution is 2.38. The molecule has 0 radical (unpaired) electrons. The lowest BCUT2D eigenvalue weighted by Crippen LogP contribution is -2.45. The number of halogens is 1. The SMILES string of the molecule is COCc1c(C(C)C)nc(C(C)C)c(/C=C/[C@@H]2C[C@H](CC(=O)OC(C)(C)C)OC(C)(C)O2)c1-c1ccc(F)cc1. The Kier molecular flexibility index (Phi) is 10.3. The van der Waals surface area contributed by atoms with Gasteiger partial charge in [0.25, 0.3) is 0 Å². The number of carbonyl (C=O) groups excluding carboxylic acids is 1. The van der Waals surface area contributed by atoms with Crippen molar-refractivity contribution in [2.45, 2.75) is 117 Å². The summed E-state index contributed by atoms with van der Waals surface area (Å²) in [5, 5.41) is 0. The molecule has 2 atom stereocenters. The Morgan fingerprint density at radius 3 is 2.27 bits per heavy atom. The van der Waals surface area contributed by atoms with Crippen LogP contribution < -0.4 is 0 Å². The number of methoxy groups -OCH3 is 1. The fourth-order valence-corrected chi connectivity index (χ4v) is 5.16. The molecule has 0 spiro atoms. The molecule has 0 amide bonds. The molecule has 2 heterocycles. The molecule has 3 rings (SSSR count). The second-order valence-electron chi connectivity index (χ2n) is 12.6. The summed E-state index contributed by atoms with van der Waals surface area (Å²) in [5.74, 6) is -1.14. The van der Waals surface area contributed by atoms with Crippen LogP contribution >= 0.6 is 0 Å². The van der Waals surface area contributed by atoms with Gasteiger partial charge >= 0.3 is 5.97 Å². The zero-order chi connectivity index (χ0) is 29.8. The van der Waals surface area contributed by atoms with Gasteiger partial charge in [-0.1, -0.05) is 52.0 Å². The maximum Gasteiger partial charge on any atom is 0.308 e. The van der Waals surface area contributed by atoms with E-state index in [1.165, 1.54) is 12.1 Å². The molecule has 7 heteroatoms. The van der Waals surface area contributed by atoms with Crippen molar-refractivity contribution in [3.05, 3.63) is 58.7 Å². The Morgan fingerprint density at radius 2 is 1.73 bits per heavy atom. The van der Waals surface area contributed by atoms with Crippen LogP contribution in [0.5, 0.6) is 0 Å². The van der Waals surface area contributed by atoms with Gasteiger partial charge in [0.2, 0.25) is 0 Å². The van der Waals surface area contributed by atoms with Gasteiger partial charge in [-0.3, -0.25) is 9.78 Å². The summed E-state index contributed by atoms with van der Waals surface area (Å²) < 4.78 is 37.4. The number of ether oxygens (including phenoxy) is 4. The van der Waals surface area contributed by atoms with Crippen molar-refractivity contribution in [1.29, 1.82) is 0 Å². The maximum absolute atomic E-state index is 13.9. The van der Waals surface area contributed by atoms with Gasteiger partial charge in [0.15, 0.2) is 5.79 Å². The predicted octanol–water partition coefficient (Wildman–Crippen LogP) is 7.94. The Balaban J connectivity index is 2.09. The molecule has 0 N–H and O–H groups in total. The first-order valence-corrected chi connectivity index (χ1v) is 14.2. The van der Waals surface area contributed by atoms with E-state index in [1.54, 1.807) is 19.2 Å². The molecule has 6 nitrogen and oxygen atoms in total. The molecule has 1 fully saturated rings. The molecule has 0 saturated carbocycles. The second-order valence-corrected chi connectivity index (χ2v) is 12.6. The van der Waals surface area contributed by atoms with Crippen molar-refractivity contribution in [3.63, 3.8) is 0 Å². The van der Waals surface area contributed by atoms with Crippen molar-refractivity contribution in [2.24, 2.45) is 0 Å². The maximum atomic E-state index is 13.9. The van der Waals surface area contributed by atoms with E-state index in [0.717, 1.165) is 33.6 Å². The lowest BCUT2D eigenvalue weighted by Gasteiger charge is -2.40. The smallest absolute Gasteiger partial charge is 0.308 e. The third-order valence-corrected chi connectivity index (χ3v) is 6.59. The summed E-state index contributed by atoms with van der Waals surface area (Å²) >= 11 is 0. The summed E-state index contributed by atoms with van der Waals surface area (Å²) in [4.78, 5) is 17.7. The quantitative estimate of drug-likeness (QED) is 0.293. The Labute approximate surface area is 239 Å². The molecule has 0 aliphatic carbocycles. The largest absolute Gasteiger partial charge is 0.460 e. The van der Waals surface area contributed by atoms with Crippen LogP contribution in [0, 0.1) is 5.82 Å². The van der Waals surface area contributed by atoms with E-state index in [-0.39, 0.29) is 42.3 Å². The molecule has 1 aliphatic heterocycles. The highest BCUT2D eigenvalue weighted by atomic mass is 19.1. The van der Waals surface area contributed by atoms with E-state index in [0.29, 0.717) is 13.0 Å². The highest BCUT2D eigenvalue weighted by molar-refractivity contribution is 5.80. The first-order chi connectivity index (χ1) is 18.6. The number of carbonyl (C=O) groups is 1. The molecular formula is C33H46FNO5. The Hall–Kier alpha value is -2.61. The minimum Gasteiger partial charge on any atom is -0.460 e. The van der Waals surface area contributed by atoms with E-state index in [2.05, 4.69) is 33.8 Å². The number of hydrogen-bond acceptors (Lipinski definition) is 6. The third-order valence-electron chi connectivity index (χ3n) is 6.59. The average molecular weight is 556 g/mol. The summed E-state index contributed by atoms with van der Waals surface area (Å²) in [7, 11) is 1.67. The van der Waals surface area contributed by atoms with Crippen molar-refractivity contribution in [2.75, 3.05) is 7.11 Å². The van der Waals surface area contributed by atoms with Crippen LogP contribution in [-0.2, 0) is 30.3 Å². The van der Waals surface area contributed by atoms with Gasteiger partial charge in [-0.25, -0.2) is 4.39 Å². The number of nitrogens with zero attached hydrogens (tertiary/aromatic N) is 1. The van der Waals surface area contributed by atoms with Crippen LogP contribution in [0.3, 0.4) is 0 Å². The predicted molar refractivity (Wildman–Crippen MR) is 156 cm³/mol. The van der Waals surface area contributed by atoms with Gasteiger partial charge in [-0.15, -0.1) is 0 Å². The number of aromatic nitrogens is 1. The lowest BCUT2D eigenvalue weighted by atomic mass is 9.87. The molecule has 1 saturated heterocycles. The standard InChI is InChI=1S/C33H46FNO5/c1-20(2)30-26(16-15-24-17-25(39-33(8,9)38-24)18-28(36)40-32(5,6)7)29(22-11-13-23(34)14-12-22)27(19-37-10)31(35-30)21(3)4/h11-16,20-21,24-25H,17-19H2,1-10H3/b16-15+/t24-,25-/m1/s1. The Bertz CT molecular complexity index is 1190. The average Bonchev–Trinajstić information content (AvgIpc) is 2.80. The zero-order valence-corrected chi connectivity index (χ0v) is 25.8. The van der Waals surface area contributed by atoms with E-state index < -0.39 is 11.4 Å². The highest BCUT2D eigenvalue weighted by Gasteiger charge is 2.36. The van der Waals surface area contributed by atoms with Gasteiger partial charge in [0.1, 0.15) is 11.4 Å². The monoisotopic (exact) mass is 555 g/mol. The molecule has 1 aromatic carbocycles. The van der Waals surface area contributed by atoms with E-state index in [4.69, 9.17) is 23.9 Å². The number of esters is 1. The van der Waals surface area contributed by atoms with Crippen molar-refractivity contribution in [1.82, 2.24) is 4.98 Å². The second kappa shape index (κ2) is 12.9. The summed E-state index contributed by atoms with van der Waals surface area (Å²) in [6, 6.07) is 6.57. The van der Waals surface area contributed by atoms with Gasteiger partial charge < -0.3 is 18.9 Å². The molecule has 2 aromatic rings. The van der Waals surface area contributed by atoms with Crippen molar-refractivity contribution in [3.8, 4) is 11.1 Å². The molecule has 0 unspecified atom stereocenters. The van der Waals surface area contributed by atoms with Crippen LogP contribution in [0.4, 0.5) is 4.39 Å². The van der Waals surface area contributed by atoms with Crippen molar-refractivity contribution >= 4 is 12.0 Å². The summed E-state index contributed by atoms with van der Waals surface area (Å²) in [6.07, 6.45) is 4.09. The lowest BCUT2D eigenvalue weighted by molar-refractivity contribution is -0.290. The van der Waals surface area contributed by atoms with Gasteiger partial charge in [0, 0.05) is 30.4 Å². The molecular weight excluding hydrogens is 509 g/mol. The fourth-order valence-electron chi connectivity index (χ4n) is 5.16. The molecule has 1 aromatic heterocycles. The number of hydrogen-bond donors (Lipinski definition) is 0. The first-order valence-electron chi connectivity index (χ1n) is 14.2. The fraction of sp³-hybridized carbons (Fsp3) is 0.576. The van der Waals surface area contributed by atoms with Crippen LogP contribution in [0.25, 0.3) is 17.2 Å². The molecule has 0 bridgehead atoms. The van der Waals surface area contributed by atoms with Crippen LogP contribution in [0.15, 0.2) is 30.3 Å². The summed E-state index contributed by atoms with van der Waals surface area (Å²) in [6.45, 7) is 18.1. The van der Waals surface area contributed by atoms with E-state index >= 15 is 0 Å². The first kappa shape index (κ1) is 31.9. The van der Waals surface area contributed by atoms with Crippen LogP contribution in [0.2, 0.25) is 0 Å². The van der Waals surface area contributed by atoms with Gasteiger partial charge in [-0.05, 0) is 69.7 Å². The van der Waals surface area contributed by atoms with Gasteiger partial charge in [0.05, 0.1) is 30.9 Å². The normalized spacial score (nSPS) is 19.5. The summed E-state index contributed by atoms with van der Waals surface area (Å²) in [5.41, 5.74) is 5.20. The molecule has 1 aliphatic rings. The topological polar surface area (TPSA) is 66.9 Å². The molecule has 220 valence electrons. The van der Waals surface area contributed by atoms with E-state index in [9.17, 15) is 9.18 Å². The number of rotatable bonds is 9. The molecule has 40 heavy (non-hydrogen) atoms. The van der Waals surface area contributed by atoms with Crippen molar-refractivity contribution < 1.29 is 28.1 Å². The zero-order valence-electron chi connectivity index (χ0n) is 25.8. The van der Waals surface area contributed by atoms with Crippen LogP contribution in [0.1, 0.15) is 110 Å². The minimum atomic E-state index is -0.873. The van der Waals surface area contributed by atoms with Crippen LogP contribution in [-0.4, -0.2) is 41.7 Å². The van der Waals surface area contributed by atoms with Gasteiger partial charge in [-0.2, -0.15) is 0 Å². The number of benzene rings is 1.